The fourth-order valence-corrected chi connectivity index (χ4v) is 8.22. The first-order valence-electron chi connectivity index (χ1n) is 14.5. The third-order valence-electron chi connectivity index (χ3n) is 10.9. The van der Waals surface area contributed by atoms with Crippen LogP contribution in [-0.2, 0) is 4.79 Å². The second kappa shape index (κ2) is 8.47. The Hall–Kier alpha value is -0.330. The summed E-state index contributed by atoms with van der Waals surface area (Å²) < 4.78 is 0. The highest BCUT2D eigenvalue weighted by Gasteiger charge is 2.52. The monoisotopic (exact) mass is 424 g/mol. The summed E-state index contributed by atoms with van der Waals surface area (Å²) in [6.45, 7) is 4.80. The van der Waals surface area contributed by atoms with E-state index in [0.29, 0.717) is 0 Å². The Balaban J connectivity index is 0.801. The molecular weight excluding hydrogens is 376 g/mol. The van der Waals surface area contributed by atoms with Gasteiger partial charge < -0.3 is 4.79 Å². The Morgan fingerprint density at radius 3 is 1.26 bits per heavy atom. The molecule has 0 aliphatic heterocycles. The van der Waals surface area contributed by atoms with Gasteiger partial charge in [0.2, 0.25) is 0 Å². The lowest BCUT2D eigenvalue weighted by atomic mass is 10.0. The van der Waals surface area contributed by atoms with E-state index in [1.165, 1.54) is 25.7 Å². The van der Waals surface area contributed by atoms with Gasteiger partial charge in [0.15, 0.2) is 0 Å². The second-order valence-corrected chi connectivity index (χ2v) is 14.1. The lowest BCUT2D eigenvalue weighted by Crippen LogP contribution is -1.95. The van der Waals surface area contributed by atoms with Crippen LogP contribution >= 0.6 is 0 Å². The predicted octanol–water partition coefficient (Wildman–Crippen LogP) is 7.78. The Bertz CT molecular complexity index is 653. The van der Waals surface area contributed by atoms with Gasteiger partial charge in [0.25, 0.3) is 0 Å². The molecule has 0 amide bonds. The van der Waals surface area contributed by atoms with Gasteiger partial charge in [-0.25, -0.2) is 0 Å². The van der Waals surface area contributed by atoms with E-state index >= 15 is 0 Å². The minimum absolute atomic E-state index is 0.807. The standard InChI is InChI=1S/C30H48O/c1-18(2)6-20-8-22(20)10-24-12-26(24)14-28-16-30(28)17-29-15-27(29)13-25-11-23(25)9-21-7-19(21)4-3-5-31/h5,18-30H,3-4,6-17H2,1-2H3. The van der Waals surface area contributed by atoms with Crippen LogP contribution in [0.3, 0.4) is 0 Å². The Morgan fingerprint density at radius 2 is 0.871 bits per heavy atom. The number of hydrogen-bond acceptors (Lipinski definition) is 1. The zero-order valence-corrected chi connectivity index (χ0v) is 20.4. The smallest absolute Gasteiger partial charge is 0.120 e. The lowest BCUT2D eigenvalue weighted by Gasteiger charge is -2.04. The Morgan fingerprint density at radius 1 is 0.548 bits per heavy atom. The maximum atomic E-state index is 10.5. The van der Waals surface area contributed by atoms with E-state index in [4.69, 9.17) is 0 Å². The molecular formula is C30H48O. The zero-order valence-electron chi connectivity index (χ0n) is 20.4. The van der Waals surface area contributed by atoms with Crippen molar-refractivity contribution in [2.45, 2.75) is 104 Å². The van der Waals surface area contributed by atoms with Crippen LogP contribution < -0.4 is 0 Å². The third-order valence-corrected chi connectivity index (χ3v) is 10.9. The van der Waals surface area contributed by atoms with Crippen molar-refractivity contribution in [3.05, 3.63) is 0 Å². The summed E-state index contributed by atoms with van der Waals surface area (Å²) in [4.78, 5) is 10.5. The SMILES string of the molecule is CC(C)CC1CC1CC1CC1CC1CC1CC1CC1CC1CC1CC1CC1CCC=O. The van der Waals surface area contributed by atoms with E-state index in [9.17, 15) is 4.79 Å². The Labute approximate surface area is 191 Å². The van der Waals surface area contributed by atoms with Gasteiger partial charge in [-0.3, -0.25) is 0 Å². The van der Waals surface area contributed by atoms with E-state index in [0.717, 1.165) is 89.6 Å². The van der Waals surface area contributed by atoms with Crippen molar-refractivity contribution in [1.29, 1.82) is 0 Å². The fourth-order valence-electron chi connectivity index (χ4n) is 8.22. The van der Waals surface area contributed by atoms with Gasteiger partial charge in [0, 0.05) is 6.42 Å². The van der Waals surface area contributed by atoms with Crippen LogP contribution in [0.15, 0.2) is 0 Å². The zero-order chi connectivity index (χ0) is 21.1. The van der Waals surface area contributed by atoms with Gasteiger partial charge >= 0.3 is 0 Å². The van der Waals surface area contributed by atoms with Gasteiger partial charge in [0.1, 0.15) is 6.29 Å². The highest BCUT2D eigenvalue weighted by molar-refractivity contribution is 5.49. The average molecular weight is 425 g/mol. The van der Waals surface area contributed by atoms with E-state index in [2.05, 4.69) is 13.8 Å². The highest BCUT2D eigenvalue weighted by atomic mass is 16.1. The third kappa shape index (κ3) is 5.60. The number of carbonyl (C=O) groups is 1. The molecule has 6 aliphatic rings. The molecule has 31 heavy (non-hydrogen) atoms. The molecule has 0 aromatic carbocycles. The van der Waals surface area contributed by atoms with Crippen molar-refractivity contribution in [3.8, 4) is 0 Å². The van der Waals surface area contributed by atoms with Gasteiger partial charge in [-0.15, -0.1) is 0 Å². The summed E-state index contributed by atoms with van der Waals surface area (Å²) in [7, 11) is 0. The quantitative estimate of drug-likeness (QED) is 0.245. The van der Waals surface area contributed by atoms with Gasteiger partial charge in [-0.2, -0.15) is 0 Å². The molecule has 0 saturated heterocycles. The van der Waals surface area contributed by atoms with E-state index in [1.807, 2.05) is 0 Å². The molecule has 0 bridgehead atoms. The minimum Gasteiger partial charge on any atom is -0.303 e. The van der Waals surface area contributed by atoms with E-state index in [-0.39, 0.29) is 0 Å². The second-order valence-electron chi connectivity index (χ2n) is 14.1. The summed E-state index contributed by atoms with van der Waals surface area (Å²) in [6.07, 6.45) is 21.9. The van der Waals surface area contributed by atoms with Crippen molar-refractivity contribution in [1.82, 2.24) is 0 Å². The molecule has 0 radical (unpaired) electrons. The normalized spacial score (nSPS) is 50.9. The van der Waals surface area contributed by atoms with Gasteiger partial charge in [-0.05, 0) is 160 Å². The summed E-state index contributed by atoms with van der Waals surface area (Å²) in [5.41, 5.74) is 0. The van der Waals surface area contributed by atoms with Crippen molar-refractivity contribution < 1.29 is 4.79 Å². The van der Waals surface area contributed by atoms with Crippen molar-refractivity contribution in [3.63, 3.8) is 0 Å². The van der Waals surface area contributed by atoms with Crippen molar-refractivity contribution in [2.75, 3.05) is 0 Å². The minimum atomic E-state index is 0.807. The maximum Gasteiger partial charge on any atom is 0.120 e. The molecule has 0 heterocycles. The summed E-state index contributed by atoms with van der Waals surface area (Å²) in [5, 5.41) is 0. The van der Waals surface area contributed by atoms with Gasteiger partial charge in [-0.1, -0.05) is 13.8 Å². The number of carbonyl (C=O) groups excluding carboxylic acids is 1. The van der Waals surface area contributed by atoms with Crippen molar-refractivity contribution >= 4 is 6.29 Å². The van der Waals surface area contributed by atoms with Crippen LogP contribution in [0.4, 0.5) is 0 Å². The van der Waals surface area contributed by atoms with Crippen LogP contribution in [0.25, 0.3) is 0 Å². The first-order valence-corrected chi connectivity index (χ1v) is 14.5. The topological polar surface area (TPSA) is 17.1 Å². The molecule has 6 rings (SSSR count). The largest absolute Gasteiger partial charge is 0.303 e. The molecule has 6 fully saturated rings. The molecule has 6 saturated carbocycles. The number of rotatable bonds is 15. The fraction of sp³-hybridized carbons (Fsp3) is 0.967. The summed E-state index contributed by atoms with van der Waals surface area (Å²) >= 11 is 0. The van der Waals surface area contributed by atoms with Crippen LogP contribution in [0.5, 0.6) is 0 Å². The van der Waals surface area contributed by atoms with Crippen LogP contribution in [0, 0.1) is 76.9 Å². The van der Waals surface area contributed by atoms with Crippen LogP contribution in [0.1, 0.15) is 104 Å². The summed E-state index contributed by atoms with van der Waals surface area (Å²) in [5.74, 6) is 14.1. The molecule has 0 N–H and O–H groups in total. The van der Waals surface area contributed by atoms with E-state index < -0.39 is 0 Å². The molecule has 174 valence electrons. The maximum absolute atomic E-state index is 10.5. The first-order chi connectivity index (χ1) is 15.1. The molecule has 0 aromatic heterocycles. The molecule has 6 aliphatic carbocycles. The molecule has 1 nitrogen and oxygen atoms in total. The number of aldehydes is 1. The first kappa shape index (κ1) is 21.2. The predicted molar refractivity (Wildman–Crippen MR) is 127 cm³/mol. The van der Waals surface area contributed by atoms with E-state index in [1.54, 1.807) is 57.8 Å². The Kier molecular flexibility index (Phi) is 5.80. The molecule has 0 aromatic rings. The average Bonchev–Trinajstić information content (AvgIpc) is 3.55. The lowest BCUT2D eigenvalue weighted by molar-refractivity contribution is -0.108. The molecule has 1 heteroatoms. The molecule has 0 spiro atoms. The number of hydrogen-bond donors (Lipinski definition) is 0. The molecule has 12 unspecified atom stereocenters. The summed E-state index contributed by atoms with van der Waals surface area (Å²) in [6, 6.07) is 0. The van der Waals surface area contributed by atoms with Crippen LogP contribution in [0.2, 0.25) is 0 Å². The van der Waals surface area contributed by atoms with Crippen LogP contribution in [-0.4, -0.2) is 6.29 Å². The van der Waals surface area contributed by atoms with Gasteiger partial charge in [0.05, 0.1) is 0 Å². The highest BCUT2D eigenvalue weighted by Crippen LogP contribution is 2.62. The molecule has 12 atom stereocenters. The van der Waals surface area contributed by atoms with Crippen molar-refractivity contribution in [2.24, 2.45) is 76.9 Å².